The number of hydrogen-bond acceptors (Lipinski definition) is 3. The number of aliphatic carboxylic acids is 1. The lowest BCUT2D eigenvalue weighted by atomic mass is 10.1. The molecule has 1 aromatic rings. The van der Waals surface area contributed by atoms with Crippen molar-refractivity contribution in [1.29, 1.82) is 0 Å². The lowest BCUT2D eigenvalue weighted by molar-refractivity contribution is -0.137. The lowest BCUT2D eigenvalue weighted by Gasteiger charge is -2.01. The molecule has 1 aliphatic heterocycles. The SMILES string of the molecule is Cc1ccc(CC2=NC(CC(=O)O)CO2)cc1. The Morgan fingerprint density at radius 1 is 1.47 bits per heavy atom. The molecule has 0 spiro atoms. The Kier molecular flexibility index (Phi) is 3.42. The highest BCUT2D eigenvalue weighted by molar-refractivity contribution is 5.81. The number of benzene rings is 1. The number of carboxylic acids is 1. The van der Waals surface area contributed by atoms with Gasteiger partial charge in [-0.1, -0.05) is 29.8 Å². The smallest absolute Gasteiger partial charge is 0.305 e. The highest BCUT2D eigenvalue weighted by Gasteiger charge is 2.21. The van der Waals surface area contributed by atoms with Gasteiger partial charge in [-0.25, -0.2) is 4.99 Å². The molecular formula is C13H15NO3. The zero-order valence-electron chi connectivity index (χ0n) is 9.72. The Hall–Kier alpha value is -1.84. The molecule has 0 fully saturated rings. The summed E-state index contributed by atoms with van der Waals surface area (Å²) >= 11 is 0. The maximum absolute atomic E-state index is 10.5. The molecule has 0 saturated heterocycles. The van der Waals surface area contributed by atoms with Crippen molar-refractivity contribution in [3.05, 3.63) is 35.4 Å². The maximum Gasteiger partial charge on any atom is 0.305 e. The van der Waals surface area contributed by atoms with Gasteiger partial charge in [0.2, 0.25) is 0 Å². The molecule has 1 unspecified atom stereocenters. The minimum Gasteiger partial charge on any atom is -0.481 e. The summed E-state index contributed by atoms with van der Waals surface area (Å²) in [6.45, 7) is 2.42. The van der Waals surface area contributed by atoms with Crippen molar-refractivity contribution < 1.29 is 14.6 Å². The van der Waals surface area contributed by atoms with Crippen LogP contribution in [0.5, 0.6) is 0 Å². The van der Waals surface area contributed by atoms with Crippen LogP contribution >= 0.6 is 0 Å². The van der Waals surface area contributed by atoms with Gasteiger partial charge >= 0.3 is 5.97 Å². The van der Waals surface area contributed by atoms with E-state index in [1.54, 1.807) is 0 Å². The predicted octanol–water partition coefficient (Wildman–Crippen LogP) is 1.81. The Labute approximate surface area is 99.9 Å². The van der Waals surface area contributed by atoms with E-state index in [2.05, 4.69) is 4.99 Å². The van der Waals surface area contributed by atoms with Crippen LogP contribution in [0.3, 0.4) is 0 Å². The predicted molar refractivity (Wildman–Crippen MR) is 64.3 cm³/mol. The van der Waals surface area contributed by atoms with Crippen molar-refractivity contribution in [3.8, 4) is 0 Å². The minimum absolute atomic E-state index is 0.0391. The van der Waals surface area contributed by atoms with Gasteiger partial charge in [-0.3, -0.25) is 4.79 Å². The molecule has 1 heterocycles. The number of carbonyl (C=O) groups is 1. The maximum atomic E-state index is 10.5. The molecule has 1 aliphatic rings. The average molecular weight is 233 g/mol. The Bertz CT molecular complexity index is 436. The molecule has 4 heteroatoms. The molecular weight excluding hydrogens is 218 g/mol. The Morgan fingerprint density at radius 2 is 2.18 bits per heavy atom. The average Bonchev–Trinajstić information content (AvgIpc) is 2.68. The minimum atomic E-state index is -0.834. The highest BCUT2D eigenvalue weighted by Crippen LogP contribution is 2.12. The molecule has 1 atom stereocenters. The van der Waals surface area contributed by atoms with Crippen LogP contribution < -0.4 is 0 Å². The zero-order valence-corrected chi connectivity index (χ0v) is 9.72. The van der Waals surface area contributed by atoms with E-state index >= 15 is 0 Å². The summed E-state index contributed by atoms with van der Waals surface area (Å²) in [5, 5.41) is 8.66. The second-order valence-corrected chi connectivity index (χ2v) is 4.25. The number of rotatable bonds is 4. The molecule has 0 amide bonds. The van der Waals surface area contributed by atoms with E-state index in [0.717, 1.165) is 5.56 Å². The van der Waals surface area contributed by atoms with E-state index in [-0.39, 0.29) is 12.5 Å². The van der Waals surface area contributed by atoms with Gasteiger partial charge in [0.1, 0.15) is 6.61 Å². The van der Waals surface area contributed by atoms with Crippen LogP contribution in [0.25, 0.3) is 0 Å². The van der Waals surface area contributed by atoms with E-state index in [9.17, 15) is 4.79 Å². The van der Waals surface area contributed by atoms with E-state index in [0.29, 0.717) is 18.9 Å². The molecule has 0 radical (unpaired) electrons. The van der Waals surface area contributed by atoms with Gasteiger partial charge in [0.25, 0.3) is 0 Å². The molecule has 0 aromatic heterocycles. The second-order valence-electron chi connectivity index (χ2n) is 4.25. The highest BCUT2D eigenvalue weighted by atomic mass is 16.5. The summed E-state index contributed by atoms with van der Waals surface area (Å²) in [5.41, 5.74) is 2.34. The van der Waals surface area contributed by atoms with E-state index in [4.69, 9.17) is 9.84 Å². The van der Waals surface area contributed by atoms with Gasteiger partial charge < -0.3 is 9.84 Å². The number of hydrogen-bond donors (Lipinski definition) is 1. The van der Waals surface area contributed by atoms with Crippen molar-refractivity contribution in [2.75, 3.05) is 6.61 Å². The van der Waals surface area contributed by atoms with Crippen LogP contribution in [0.2, 0.25) is 0 Å². The summed E-state index contributed by atoms with van der Waals surface area (Å²) in [6, 6.07) is 7.92. The molecule has 17 heavy (non-hydrogen) atoms. The van der Waals surface area contributed by atoms with Crippen molar-refractivity contribution in [1.82, 2.24) is 0 Å². The quantitative estimate of drug-likeness (QED) is 0.862. The fourth-order valence-electron chi connectivity index (χ4n) is 1.75. The third-order valence-corrected chi connectivity index (χ3v) is 2.66. The van der Waals surface area contributed by atoms with Crippen LogP contribution in [-0.4, -0.2) is 29.6 Å². The van der Waals surface area contributed by atoms with Gasteiger partial charge in [0.05, 0.1) is 12.5 Å². The topological polar surface area (TPSA) is 58.9 Å². The number of nitrogens with zero attached hydrogens (tertiary/aromatic N) is 1. The molecule has 90 valence electrons. The molecule has 0 saturated carbocycles. The first-order valence-electron chi connectivity index (χ1n) is 5.60. The summed E-state index contributed by atoms with van der Waals surface area (Å²) in [6.07, 6.45) is 0.674. The fraction of sp³-hybridized carbons (Fsp3) is 0.385. The van der Waals surface area contributed by atoms with Crippen molar-refractivity contribution in [2.45, 2.75) is 25.8 Å². The first kappa shape index (κ1) is 11.6. The standard InChI is InChI=1S/C13H15NO3/c1-9-2-4-10(5-3-9)6-12-14-11(8-17-12)7-13(15)16/h2-5,11H,6-8H2,1H3,(H,15,16). The van der Waals surface area contributed by atoms with Crippen LogP contribution in [0.15, 0.2) is 29.3 Å². The van der Waals surface area contributed by atoms with Crippen molar-refractivity contribution in [2.24, 2.45) is 4.99 Å². The van der Waals surface area contributed by atoms with Crippen molar-refractivity contribution >= 4 is 11.9 Å². The molecule has 0 bridgehead atoms. The number of aliphatic imine (C=N–C) groups is 1. The third kappa shape index (κ3) is 3.31. The third-order valence-electron chi connectivity index (χ3n) is 2.66. The largest absolute Gasteiger partial charge is 0.481 e. The summed E-state index contributed by atoms with van der Waals surface area (Å²) in [4.78, 5) is 14.8. The van der Waals surface area contributed by atoms with Crippen LogP contribution in [0.4, 0.5) is 0 Å². The van der Waals surface area contributed by atoms with Gasteiger partial charge in [0, 0.05) is 6.42 Å². The molecule has 2 rings (SSSR count). The Balaban J connectivity index is 1.96. The molecule has 1 aromatic carbocycles. The summed E-state index contributed by atoms with van der Waals surface area (Å²) in [5.74, 6) is -0.195. The van der Waals surface area contributed by atoms with Gasteiger partial charge in [-0.05, 0) is 12.5 Å². The van der Waals surface area contributed by atoms with Gasteiger partial charge in [0.15, 0.2) is 5.90 Å². The lowest BCUT2D eigenvalue weighted by Crippen LogP contribution is -2.12. The van der Waals surface area contributed by atoms with E-state index in [1.165, 1.54) is 5.56 Å². The van der Waals surface area contributed by atoms with Crippen molar-refractivity contribution in [3.63, 3.8) is 0 Å². The molecule has 4 nitrogen and oxygen atoms in total. The molecule has 0 aliphatic carbocycles. The summed E-state index contributed by atoms with van der Waals surface area (Å²) in [7, 11) is 0. The van der Waals surface area contributed by atoms with Gasteiger partial charge in [-0.2, -0.15) is 0 Å². The number of carboxylic acid groups (broad SMARTS) is 1. The normalized spacial score (nSPS) is 18.6. The Morgan fingerprint density at radius 3 is 2.82 bits per heavy atom. The van der Waals surface area contributed by atoms with Crippen LogP contribution in [0.1, 0.15) is 17.5 Å². The second kappa shape index (κ2) is 4.99. The number of aryl methyl sites for hydroxylation is 1. The van der Waals surface area contributed by atoms with E-state index < -0.39 is 5.97 Å². The monoisotopic (exact) mass is 233 g/mol. The van der Waals surface area contributed by atoms with Gasteiger partial charge in [-0.15, -0.1) is 0 Å². The summed E-state index contributed by atoms with van der Waals surface area (Å²) < 4.78 is 5.39. The fourth-order valence-corrected chi connectivity index (χ4v) is 1.75. The first-order chi connectivity index (χ1) is 8.13. The van der Waals surface area contributed by atoms with E-state index in [1.807, 2.05) is 31.2 Å². The first-order valence-corrected chi connectivity index (χ1v) is 5.60. The molecule has 1 N–H and O–H groups in total. The zero-order chi connectivity index (χ0) is 12.3. The van der Waals surface area contributed by atoms with Crippen LogP contribution in [-0.2, 0) is 16.0 Å². The number of ether oxygens (including phenoxy) is 1. The van der Waals surface area contributed by atoms with Crippen LogP contribution in [0, 0.1) is 6.92 Å².